The number of hydrogen-bond donors (Lipinski definition) is 2. The molecule has 2 N–H and O–H groups in total. The highest BCUT2D eigenvalue weighted by molar-refractivity contribution is 9.18. The minimum atomic E-state index is -0.298. The highest BCUT2D eigenvalue weighted by Gasteiger charge is 2.20. The fourth-order valence-corrected chi connectivity index (χ4v) is 3.35. The van der Waals surface area contributed by atoms with Crippen LogP contribution in [0.5, 0.6) is 0 Å². The number of nitrogens with one attached hydrogen (secondary N) is 2. The van der Waals surface area contributed by atoms with Crippen LogP contribution in [0.3, 0.4) is 0 Å². The van der Waals surface area contributed by atoms with Gasteiger partial charge < -0.3 is 19.7 Å². The topological polar surface area (TPSA) is 87.5 Å². The molecule has 1 aliphatic rings. The Kier molecular flexibility index (Phi) is 8.69. The normalized spacial score (nSPS) is 15.0. The van der Waals surface area contributed by atoms with Gasteiger partial charge in [-0.15, -0.1) is 0 Å². The molecule has 1 aliphatic heterocycles. The molecule has 0 aromatic carbocycles. The average molecular weight is 442 g/mol. The van der Waals surface area contributed by atoms with Crippen molar-refractivity contribution < 1.29 is 14.3 Å². The molecule has 9 heteroatoms. The van der Waals surface area contributed by atoms with Gasteiger partial charge in [0.1, 0.15) is 17.0 Å². The van der Waals surface area contributed by atoms with Crippen molar-refractivity contribution in [3.63, 3.8) is 0 Å². The van der Waals surface area contributed by atoms with Crippen molar-refractivity contribution in [2.45, 2.75) is 25.6 Å². The minimum absolute atomic E-state index is 0.115. The summed E-state index contributed by atoms with van der Waals surface area (Å²) in [5.74, 6) is -0.115. The van der Waals surface area contributed by atoms with Crippen LogP contribution in [-0.2, 0) is 9.47 Å². The predicted molar refractivity (Wildman–Crippen MR) is 108 cm³/mol. The van der Waals surface area contributed by atoms with Gasteiger partial charge in [0.2, 0.25) is 0 Å². The number of pyridine rings is 1. The maximum Gasteiger partial charge on any atom is 0.272 e. The molecule has 1 aromatic heterocycles. The molecule has 0 aliphatic carbocycles. The van der Waals surface area contributed by atoms with E-state index in [1.807, 2.05) is 0 Å². The molecular formula is C17H26BrN4O3Si. The first-order valence-electron chi connectivity index (χ1n) is 8.71. The first-order valence-corrected chi connectivity index (χ1v) is 12.2. The van der Waals surface area contributed by atoms with Crippen LogP contribution in [0.1, 0.15) is 22.5 Å². The molecule has 2 rings (SSSR count). The van der Waals surface area contributed by atoms with Gasteiger partial charge in [-0.2, -0.15) is 0 Å². The number of rotatable bonds is 8. The quantitative estimate of drug-likeness (QED) is 0.280. The monoisotopic (exact) mass is 441 g/mol. The Balaban J connectivity index is 2.06. The maximum absolute atomic E-state index is 12.7. The zero-order chi connectivity index (χ0) is 18.9. The predicted octanol–water partition coefficient (Wildman–Crippen LogP) is 2.80. The molecule has 7 nitrogen and oxygen atoms in total. The Hall–Kier alpha value is -1.29. The highest BCUT2D eigenvalue weighted by atomic mass is 79.9. The summed E-state index contributed by atoms with van der Waals surface area (Å²) in [5, 5.41) is 11.0. The molecule has 26 heavy (non-hydrogen) atoms. The molecule has 0 saturated carbocycles. The summed E-state index contributed by atoms with van der Waals surface area (Å²) in [7, 11) is -0.298. The molecule has 1 radical (unpaired) electrons. The summed E-state index contributed by atoms with van der Waals surface area (Å²) in [5.41, 5.74) is 1.62. The van der Waals surface area contributed by atoms with Crippen LogP contribution < -0.4 is 5.32 Å². The van der Waals surface area contributed by atoms with Gasteiger partial charge in [-0.25, -0.2) is 0 Å². The van der Waals surface area contributed by atoms with Gasteiger partial charge in [-0.1, -0.05) is 13.1 Å². The lowest BCUT2D eigenvalue weighted by atomic mass is 10.2. The summed E-state index contributed by atoms with van der Waals surface area (Å²) >= 11 is 3.18. The van der Waals surface area contributed by atoms with Gasteiger partial charge in [-0.3, -0.25) is 15.2 Å². The van der Waals surface area contributed by atoms with Crippen molar-refractivity contribution in [2.24, 2.45) is 0 Å². The average Bonchev–Trinajstić information content (AvgIpc) is 2.89. The Morgan fingerprint density at radius 1 is 1.46 bits per heavy atom. The van der Waals surface area contributed by atoms with Crippen LogP contribution in [0, 0.1) is 5.41 Å². The summed E-state index contributed by atoms with van der Waals surface area (Å²) in [6.07, 6.45) is 2.37. The SMILES string of the molecule is C[Si](C)CCOCNc1cc(C(=O)N2CCCOCC2)ncc1C(=N)Br. The van der Waals surface area contributed by atoms with Crippen LogP contribution in [0.15, 0.2) is 12.3 Å². The molecule has 143 valence electrons. The number of anilines is 1. The number of halogens is 1. The second-order valence-electron chi connectivity index (χ2n) is 6.37. The van der Waals surface area contributed by atoms with Gasteiger partial charge in [0, 0.05) is 52.5 Å². The molecule has 0 bridgehead atoms. The second kappa shape index (κ2) is 10.8. The largest absolute Gasteiger partial charge is 0.380 e. The van der Waals surface area contributed by atoms with E-state index in [0.29, 0.717) is 56.6 Å². The standard InChI is InChI=1S/C17H26BrN4O3Si/c1-26(2)9-8-25-12-21-14-10-15(20-11-13(14)16(18)19)17(23)22-4-3-6-24-7-5-22/h10-11,19H,3-9,12H2,1-2H3,(H,20,21). The lowest BCUT2D eigenvalue weighted by Gasteiger charge is -2.20. The van der Waals surface area contributed by atoms with Crippen molar-refractivity contribution in [3.05, 3.63) is 23.5 Å². The molecule has 1 saturated heterocycles. The van der Waals surface area contributed by atoms with Crippen molar-refractivity contribution in [2.75, 3.05) is 45.0 Å². The molecule has 1 amide bonds. The third kappa shape index (κ3) is 6.46. The third-order valence-electron chi connectivity index (χ3n) is 3.98. The number of carbonyl (C=O) groups excluding carboxylic acids is 1. The van der Waals surface area contributed by atoms with Gasteiger partial charge in [-0.05, 0) is 34.5 Å². The van der Waals surface area contributed by atoms with Crippen LogP contribution >= 0.6 is 15.9 Å². The van der Waals surface area contributed by atoms with Crippen LogP contribution in [0.2, 0.25) is 19.1 Å². The van der Waals surface area contributed by atoms with E-state index in [0.717, 1.165) is 12.5 Å². The number of amides is 1. The van der Waals surface area contributed by atoms with Crippen molar-refractivity contribution in [1.82, 2.24) is 9.88 Å². The molecule has 2 heterocycles. The molecule has 0 atom stereocenters. The Labute approximate surface area is 164 Å². The number of hydrogen-bond acceptors (Lipinski definition) is 6. The molecular weight excluding hydrogens is 416 g/mol. The van der Waals surface area contributed by atoms with Crippen molar-refractivity contribution >= 4 is 40.9 Å². The fraction of sp³-hybridized carbons (Fsp3) is 0.588. The number of carbonyl (C=O) groups is 1. The lowest BCUT2D eigenvalue weighted by molar-refractivity contribution is 0.0735. The van der Waals surface area contributed by atoms with E-state index in [9.17, 15) is 4.79 Å². The highest BCUT2D eigenvalue weighted by Crippen LogP contribution is 2.20. The van der Waals surface area contributed by atoms with E-state index in [2.05, 4.69) is 39.3 Å². The van der Waals surface area contributed by atoms with Crippen LogP contribution in [-0.4, -0.2) is 68.8 Å². The summed E-state index contributed by atoms with van der Waals surface area (Å²) < 4.78 is 11.2. The third-order valence-corrected chi connectivity index (χ3v) is 5.61. The van der Waals surface area contributed by atoms with Gasteiger partial charge in [0.05, 0.1) is 6.61 Å². The minimum Gasteiger partial charge on any atom is -0.380 e. The molecule has 0 spiro atoms. The molecule has 1 fully saturated rings. The summed E-state index contributed by atoms with van der Waals surface area (Å²) in [4.78, 5) is 18.7. The van der Waals surface area contributed by atoms with E-state index in [1.54, 1.807) is 17.2 Å². The van der Waals surface area contributed by atoms with E-state index in [4.69, 9.17) is 14.9 Å². The summed E-state index contributed by atoms with van der Waals surface area (Å²) in [6.45, 7) is 8.01. The van der Waals surface area contributed by atoms with Gasteiger partial charge in [0.15, 0.2) is 0 Å². The van der Waals surface area contributed by atoms with E-state index in [1.165, 1.54) is 0 Å². The zero-order valence-corrected chi connectivity index (χ0v) is 17.9. The second-order valence-corrected chi connectivity index (χ2v) is 10.1. The number of nitrogens with zero attached hydrogens (tertiary/aromatic N) is 2. The lowest BCUT2D eigenvalue weighted by Crippen LogP contribution is -2.33. The Morgan fingerprint density at radius 2 is 2.27 bits per heavy atom. The van der Waals surface area contributed by atoms with Gasteiger partial charge >= 0.3 is 0 Å². The van der Waals surface area contributed by atoms with Gasteiger partial charge in [0.25, 0.3) is 5.91 Å². The Bertz CT molecular complexity index is 622. The number of ether oxygens (including phenoxy) is 2. The maximum atomic E-state index is 12.7. The smallest absolute Gasteiger partial charge is 0.272 e. The van der Waals surface area contributed by atoms with E-state index < -0.39 is 0 Å². The van der Waals surface area contributed by atoms with E-state index >= 15 is 0 Å². The Morgan fingerprint density at radius 3 is 3.00 bits per heavy atom. The first-order chi connectivity index (χ1) is 12.5. The van der Waals surface area contributed by atoms with E-state index in [-0.39, 0.29) is 19.3 Å². The number of aromatic nitrogens is 1. The zero-order valence-electron chi connectivity index (χ0n) is 15.3. The van der Waals surface area contributed by atoms with Crippen LogP contribution in [0.25, 0.3) is 0 Å². The van der Waals surface area contributed by atoms with Crippen LogP contribution in [0.4, 0.5) is 5.69 Å². The molecule has 0 unspecified atom stereocenters. The summed E-state index contributed by atoms with van der Waals surface area (Å²) in [6, 6.07) is 2.78. The van der Waals surface area contributed by atoms with Crippen molar-refractivity contribution in [1.29, 1.82) is 5.41 Å². The fourth-order valence-electron chi connectivity index (χ4n) is 2.48. The van der Waals surface area contributed by atoms with Crippen molar-refractivity contribution in [3.8, 4) is 0 Å². The molecule has 1 aromatic rings. The first kappa shape index (κ1) is 21.0.